The molecule has 1 aromatic rings. The molecule has 7 nitrogen and oxygen atoms in total. The largest absolute Gasteiger partial charge is 0.495 e. The molecule has 0 spiro atoms. The van der Waals surface area contributed by atoms with Gasteiger partial charge in [-0.05, 0) is 0 Å². The molecule has 0 aromatic heterocycles. The van der Waals surface area contributed by atoms with E-state index in [4.69, 9.17) is 26.2 Å². The number of carboxylic acids is 1. The number of nitrogens with zero attached hydrogens (tertiary/aromatic N) is 1. The van der Waals surface area contributed by atoms with Crippen LogP contribution in [0.1, 0.15) is 6.42 Å². The minimum Gasteiger partial charge on any atom is -0.495 e. The van der Waals surface area contributed by atoms with Gasteiger partial charge in [0.05, 0.1) is 31.4 Å². The van der Waals surface area contributed by atoms with Crippen molar-refractivity contribution in [3.63, 3.8) is 0 Å². The number of rotatable bonds is 6. The van der Waals surface area contributed by atoms with E-state index < -0.39 is 12.0 Å². The average molecular weight is 317 g/mol. The second kappa shape index (κ2) is 7.58. The Labute approximate surface area is 127 Å². The Morgan fingerprint density at radius 3 is 2.43 bits per heavy atom. The number of ether oxygens (including phenoxy) is 2. The van der Waals surface area contributed by atoms with Crippen molar-refractivity contribution < 1.29 is 24.2 Å². The summed E-state index contributed by atoms with van der Waals surface area (Å²) in [6.07, 6.45) is -0.134. The van der Waals surface area contributed by atoms with Crippen LogP contribution in [0.2, 0.25) is 5.02 Å². The van der Waals surface area contributed by atoms with E-state index in [0.29, 0.717) is 22.2 Å². The van der Waals surface area contributed by atoms with Crippen LogP contribution in [0.25, 0.3) is 0 Å². The van der Waals surface area contributed by atoms with Crippen molar-refractivity contribution in [2.45, 2.75) is 6.42 Å². The summed E-state index contributed by atoms with van der Waals surface area (Å²) in [6.45, 7) is 0.0915. The van der Waals surface area contributed by atoms with Gasteiger partial charge in [0.2, 0.25) is 0 Å². The van der Waals surface area contributed by atoms with Crippen molar-refractivity contribution in [3.8, 4) is 11.5 Å². The number of halogens is 1. The molecule has 0 saturated heterocycles. The second-order valence-corrected chi connectivity index (χ2v) is 4.59. The fourth-order valence-electron chi connectivity index (χ4n) is 1.53. The third kappa shape index (κ3) is 4.71. The van der Waals surface area contributed by atoms with Gasteiger partial charge in [0, 0.05) is 25.7 Å². The van der Waals surface area contributed by atoms with Gasteiger partial charge in [-0.15, -0.1) is 0 Å². The Bertz CT molecular complexity index is 536. The van der Waals surface area contributed by atoms with Gasteiger partial charge in [-0.1, -0.05) is 11.6 Å². The number of urea groups is 1. The maximum absolute atomic E-state index is 12.0. The lowest BCUT2D eigenvalue weighted by Crippen LogP contribution is -2.33. The lowest BCUT2D eigenvalue weighted by molar-refractivity contribution is -0.137. The van der Waals surface area contributed by atoms with E-state index in [0.717, 1.165) is 0 Å². The van der Waals surface area contributed by atoms with Crippen LogP contribution in [0.4, 0.5) is 10.5 Å². The summed E-state index contributed by atoms with van der Waals surface area (Å²) in [5, 5.41) is 11.6. The molecule has 0 bridgehead atoms. The summed E-state index contributed by atoms with van der Waals surface area (Å²) < 4.78 is 10.2. The van der Waals surface area contributed by atoms with Crippen LogP contribution < -0.4 is 14.8 Å². The maximum atomic E-state index is 12.0. The number of benzene rings is 1. The molecular formula is C13H17ClN2O5. The SMILES string of the molecule is COc1cc(NC(=O)N(C)CCC(=O)O)c(OC)cc1Cl. The zero-order valence-electron chi connectivity index (χ0n) is 12.0. The van der Waals surface area contributed by atoms with E-state index in [-0.39, 0.29) is 13.0 Å². The number of hydrogen-bond acceptors (Lipinski definition) is 4. The van der Waals surface area contributed by atoms with Crippen LogP contribution in [0.15, 0.2) is 12.1 Å². The Balaban J connectivity index is 2.85. The number of aliphatic carboxylic acids is 1. The first kappa shape index (κ1) is 16.9. The van der Waals surface area contributed by atoms with E-state index in [1.165, 1.54) is 38.3 Å². The topological polar surface area (TPSA) is 88.1 Å². The third-order valence-electron chi connectivity index (χ3n) is 2.72. The van der Waals surface area contributed by atoms with Gasteiger partial charge in [0.1, 0.15) is 11.5 Å². The summed E-state index contributed by atoms with van der Waals surface area (Å²) in [6, 6.07) is 2.59. The van der Waals surface area contributed by atoms with Gasteiger partial charge in [-0.25, -0.2) is 4.79 Å². The van der Waals surface area contributed by atoms with Crippen LogP contribution in [0.3, 0.4) is 0 Å². The normalized spacial score (nSPS) is 9.90. The standard InChI is InChI=1S/C13H17ClN2O5/c1-16(5-4-12(17)18)13(19)15-9-7-10(20-2)8(14)6-11(9)21-3/h6-7H,4-5H2,1-3H3,(H,15,19)(H,17,18). The first-order valence-corrected chi connectivity index (χ1v) is 6.42. The molecule has 0 unspecified atom stereocenters. The zero-order valence-corrected chi connectivity index (χ0v) is 12.7. The molecule has 0 heterocycles. The first-order chi connectivity index (χ1) is 9.88. The number of amides is 2. The van der Waals surface area contributed by atoms with E-state index in [9.17, 15) is 9.59 Å². The molecule has 2 amide bonds. The average Bonchev–Trinajstić information content (AvgIpc) is 2.45. The fraction of sp³-hybridized carbons (Fsp3) is 0.385. The third-order valence-corrected chi connectivity index (χ3v) is 3.02. The maximum Gasteiger partial charge on any atom is 0.321 e. The zero-order chi connectivity index (χ0) is 16.0. The fourth-order valence-corrected chi connectivity index (χ4v) is 1.76. The molecule has 0 aliphatic heterocycles. The van der Waals surface area contributed by atoms with E-state index >= 15 is 0 Å². The lowest BCUT2D eigenvalue weighted by atomic mass is 10.2. The lowest BCUT2D eigenvalue weighted by Gasteiger charge is -2.19. The van der Waals surface area contributed by atoms with E-state index in [2.05, 4.69) is 5.32 Å². The van der Waals surface area contributed by atoms with Crippen molar-refractivity contribution in [3.05, 3.63) is 17.2 Å². The van der Waals surface area contributed by atoms with Crippen molar-refractivity contribution in [2.24, 2.45) is 0 Å². The van der Waals surface area contributed by atoms with Crippen LogP contribution in [0.5, 0.6) is 11.5 Å². The van der Waals surface area contributed by atoms with Crippen molar-refractivity contribution in [1.29, 1.82) is 0 Å². The Morgan fingerprint density at radius 1 is 1.29 bits per heavy atom. The summed E-state index contributed by atoms with van der Waals surface area (Å²) >= 11 is 5.97. The molecule has 0 aliphatic rings. The van der Waals surface area contributed by atoms with Gasteiger partial charge in [-0.2, -0.15) is 0 Å². The highest BCUT2D eigenvalue weighted by Gasteiger charge is 2.15. The first-order valence-electron chi connectivity index (χ1n) is 6.04. The molecule has 0 saturated carbocycles. The summed E-state index contributed by atoms with van der Waals surface area (Å²) in [7, 11) is 4.40. The number of carbonyl (C=O) groups is 2. The van der Waals surface area contributed by atoms with Crippen LogP contribution in [-0.2, 0) is 4.79 Å². The van der Waals surface area contributed by atoms with Crippen molar-refractivity contribution in [2.75, 3.05) is 33.1 Å². The summed E-state index contributed by atoms with van der Waals surface area (Å²) in [5.41, 5.74) is 0.380. The number of nitrogens with one attached hydrogen (secondary N) is 1. The second-order valence-electron chi connectivity index (χ2n) is 4.18. The molecule has 2 N–H and O–H groups in total. The monoisotopic (exact) mass is 316 g/mol. The van der Waals surface area contributed by atoms with E-state index in [1.807, 2.05) is 0 Å². The molecule has 0 radical (unpaired) electrons. The minimum absolute atomic E-state index is 0.0915. The molecule has 116 valence electrons. The number of hydrogen-bond donors (Lipinski definition) is 2. The Hall–Kier alpha value is -2.15. The van der Waals surface area contributed by atoms with Crippen molar-refractivity contribution in [1.82, 2.24) is 4.90 Å². The van der Waals surface area contributed by atoms with Gasteiger partial charge < -0.3 is 24.8 Å². The van der Waals surface area contributed by atoms with Gasteiger partial charge in [-0.3, -0.25) is 4.79 Å². The Morgan fingerprint density at radius 2 is 1.90 bits per heavy atom. The molecule has 0 aliphatic carbocycles. The highest BCUT2D eigenvalue weighted by atomic mass is 35.5. The van der Waals surface area contributed by atoms with Gasteiger partial charge in [0.15, 0.2) is 0 Å². The number of carbonyl (C=O) groups excluding carboxylic acids is 1. The van der Waals surface area contributed by atoms with Crippen LogP contribution in [-0.4, -0.2) is 49.8 Å². The molecule has 0 atom stereocenters. The molecular weight excluding hydrogens is 300 g/mol. The van der Waals surface area contributed by atoms with Crippen LogP contribution in [0, 0.1) is 0 Å². The molecule has 21 heavy (non-hydrogen) atoms. The summed E-state index contributed by atoms with van der Waals surface area (Å²) in [4.78, 5) is 23.7. The molecule has 1 aromatic carbocycles. The predicted octanol–water partition coefficient (Wildman–Crippen LogP) is 2.30. The Kier molecular flexibility index (Phi) is 6.10. The molecule has 0 fully saturated rings. The van der Waals surface area contributed by atoms with Crippen molar-refractivity contribution >= 4 is 29.3 Å². The molecule has 8 heteroatoms. The van der Waals surface area contributed by atoms with Gasteiger partial charge >= 0.3 is 12.0 Å². The number of carboxylic acid groups (broad SMARTS) is 1. The van der Waals surface area contributed by atoms with Gasteiger partial charge in [0.25, 0.3) is 0 Å². The molecule has 1 rings (SSSR count). The quantitative estimate of drug-likeness (QED) is 0.840. The predicted molar refractivity (Wildman–Crippen MR) is 78.5 cm³/mol. The highest BCUT2D eigenvalue weighted by Crippen LogP contribution is 2.35. The minimum atomic E-state index is -0.972. The van der Waals surface area contributed by atoms with Crippen LogP contribution >= 0.6 is 11.6 Å². The number of methoxy groups -OCH3 is 2. The summed E-state index contributed by atoms with van der Waals surface area (Å²) in [5.74, 6) is -0.206. The van der Waals surface area contributed by atoms with E-state index in [1.54, 1.807) is 0 Å². The number of anilines is 1. The smallest absolute Gasteiger partial charge is 0.321 e. The highest BCUT2D eigenvalue weighted by molar-refractivity contribution is 6.32.